The Morgan fingerprint density at radius 1 is 1.24 bits per heavy atom. The van der Waals surface area contributed by atoms with Gasteiger partial charge >= 0.3 is 12.1 Å². The monoisotopic (exact) mass is 499 g/mol. The summed E-state index contributed by atoms with van der Waals surface area (Å²) in [6, 6.07) is -0.621. The average molecular weight is 500 g/mol. The van der Waals surface area contributed by atoms with Crippen molar-refractivity contribution in [1.29, 1.82) is 0 Å². The highest BCUT2D eigenvalue weighted by atomic mass is 32.2. The summed E-state index contributed by atoms with van der Waals surface area (Å²) in [6.45, 7) is 12.5. The molecule has 2 fully saturated rings. The van der Waals surface area contributed by atoms with Gasteiger partial charge < -0.3 is 20.1 Å². The fourth-order valence-corrected chi connectivity index (χ4v) is 5.59. The van der Waals surface area contributed by atoms with Crippen molar-refractivity contribution in [1.82, 2.24) is 15.5 Å². The molecule has 0 aliphatic carbocycles. The fraction of sp³-hybridized carbons (Fsp3) is 0.880. The fourth-order valence-electron chi connectivity index (χ4n) is 5.12. The molecule has 0 spiro atoms. The van der Waals surface area contributed by atoms with Gasteiger partial charge in [-0.3, -0.25) is 9.69 Å². The second kappa shape index (κ2) is 12.5. The van der Waals surface area contributed by atoms with Crippen LogP contribution in [0.1, 0.15) is 80.1 Å². The normalized spacial score (nSPS) is 25.9. The number of esters is 1. The molecule has 0 unspecified atom stereocenters. The van der Waals surface area contributed by atoms with Crippen LogP contribution in [0.4, 0.5) is 4.79 Å². The van der Waals surface area contributed by atoms with Gasteiger partial charge in [-0.05, 0) is 91.2 Å². The first kappa shape index (κ1) is 28.8. The zero-order chi connectivity index (χ0) is 25.5. The third-order valence-electron chi connectivity index (χ3n) is 6.63. The van der Waals surface area contributed by atoms with Crippen LogP contribution in [0, 0.1) is 5.92 Å². The lowest BCUT2D eigenvalue weighted by molar-refractivity contribution is -0.153. The minimum absolute atomic E-state index is 0.0234. The van der Waals surface area contributed by atoms with Gasteiger partial charge in [0.1, 0.15) is 17.2 Å². The Labute approximate surface area is 209 Å². The topological polar surface area (TPSA) is 97.0 Å². The largest absolute Gasteiger partial charge is 0.461 e. The standard InChI is InChI=1S/C25H45N3O5S/c1-8-18-11-14-28(23(31)33-24(4,5)6)25(18,16-19-10-9-13-26-19)22(30)27-20(12-15-34-7)21(29)32-17(2)3/h17-20,26H,8-16H2,1-7H3,(H,27,30)/t18-,19-,20-,25-/m0/s1. The molecule has 2 heterocycles. The lowest BCUT2D eigenvalue weighted by Crippen LogP contribution is -2.64. The molecule has 2 aliphatic rings. The van der Waals surface area contributed by atoms with Gasteiger partial charge in [0.05, 0.1) is 6.10 Å². The van der Waals surface area contributed by atoms with Crippen molar-refractivity contribution in [3.05, 3.63) is 0 Å². The van der Waals surface area contributed by atoms with E-state index in [1.807, 2.05) is 27.0 Å². The number of carbonyl (C=O) groups excluding carboxylic acids is 3. The van der Waals surface area contributed by atoms with Crippen molar-refractivity contribution in [2.24, 2.45) is 5.92 Å². The maximum atomic E-state index is 14.2. The summed E-state index contributed by atoms with van der Waals surface area (Å²) in [5.41, 5.74) is -1.74. The molecule has 2 N–H and O–H groups in total. The Hall–Kier alpha value is -1.48. The molecule has 2 rings (SSSR count). The number of thioether (sulfide) groups is 1. The molecule has 2 saturated heterocycles. The van der Waals surface area contributed by atoms with Crippen LogP contribution in [0.15, 0.2) is 0 Å². The predicted molar refractivity (Wildman–Crippen MR) is 136 cm³/mol. The number of nitrogens with zero attached hydrogens (tertiary/aromatic N) is 1. The molecule has 0 aromatic rings. The van der Waals surface area contributed by atoms with Gasteiger partial charge in [-0.2, -0.15) is 11.8 Å². The van der Waals surface area contributed by atoms with Gasteiger partial charge in [-0.1, -0.05) is 13.3 Å². The van der Waals surface area contributed by atoms with Gasteiger partial charge in [0.2, 0.25) is 5.91 Å². The molecule has 196 valence electrons. The van der Waals surface area contributed by atoms with Crippen LogP contribution in [0.5, 0.6) is 0 Å². The maximum absolute atomic E-state index is 14.2. The van der Waals surface area contributed by atoms with Crippen molar-refractivity contribution in [2.75, 3.05) is 25.1 Å². The molecule has 0 aromatic carbocycles. The van der Waals surface area contributed by atoms with E-state index in [1.165, 1.54) is 0 Å². The minimum atomic E-state index is -1.07. The predicted octanol–water partition coefficient (Wildman–Crippen LogP) is 3.72. The van der Waals surface area contributed by atoms with Crippen LogP contribution in [0.25, 0.3) is 0 Å². The van der Waals surface area contributed by atoms with Gasteiger partial charge in [0.15, 0.2) is 0 Å². The van der Waals surface area contributed by atoms with Crippen LogP contribution in [-0.2, 0) is 19.1 Å². The van der Waals surface area contributed by atoms with Crippen molar-refractivity contribution in [3.63, 3.8) is 0 Å². The minimum Gasteiger partial charge on any atom is -0.461 e. The summed E-state index contributed by atoms with van der Waals surface area (Å²) >= 11 is 1.61. The Morgan fingerprint density at radius 2 is 1.94 bits per heavy atom. The van der Waals surface area contributed by atoms with Crippen LogP contribution in [-0.4, -0.2) is 77.3 Å². The Kier molecular flexibility index (Phi) is 10.5. The van der Waals surface area contributed by atoms with E-state index in [9.17, 15) is 14.4 Å². The molecule has 0 saturated carbocycles. The van der Waals surface area contributed by atoms with E-state index in [4.69, 9.17) is 9.47 Å². The molecule has 4 atom stereocenters. The Bertz CT molecular complexity index is 705. The molecule has 0 radical (unpaired) electrons. The summed E-state index contributed by atoms with van der Waals surface area (Å²) in [7, 11) is 0. The number of likely N-dealkylation sites (tertiary alicyclic amines) is 1. The van der Waals surface area contributed by atoms with Crippen LogP contribution >= 0.6 is 11.8 Å². The smallest absolute Gasteiger partial charge is 0.411 e. The van der Waals surface area contributed by atoms with Crippen molar-refractivity contribution in [3.8, 4) is 0 Å². The first-order valence-corrected chi connectivity index (χ1v) is 14.1. The van der Waals surface area contributed by atoms with Crippen molar-refractivity contribution >= 4 is 29.7 Å². The number of hydrogen-bond acceptors (Lipinski definition) is 7. The van der Waals surface area contributed by atoms with Crippen molar-refractivity contribution in [2.45, 2.75) is 109 Å². The summed E-state index contributed by atoms with van der Waals surface area (Å²) in [6.07, 6.45) is 5.68. The molecule has 34 heavy (non-hydrogen) atoms. The molecule has 2 amide bonds. The van der Waals surface area contributed by atoms with Crippen LogP contribution in [0.2, 0.25) is 0 Å². The molecular weight excluding hydrogens is 454 g/mol. The van der Waals surface area contributed by atoms with E-state index >= 15 is 0 Å². The van der Waals surface area contributed by atoms with Crippen LogP contribution in [0.3, 0.4) is 0 Å². The molecular formula is C25H45N3O5S. The Balaban J connectivity index is 2.42. The van der Waals surface area contributed by atoms with E-state index in [-0.39, 0.29) is 24.0 Å². The second-order valence-electron chi connectivity index (χ2n) is 10.7. The number of carbonyl (C=O) groups is 3. The number of hydrogen-bond donors (Lipinski definition) is 2. The SMILES string of the molecule is CC[C@H]1CCN(C(=O)OC(C)(C)C)[C@]1(C[C@@H]1CCCN1)C(=O)N[C@@H](CCSC)C(=O)OC(C)C. The van der Waals surface area contributed by atoms with E-state index < -0.39 is 29.2 Å². The van der Waals surface area contributed by atoms with Gasteiger partial charge in [-0.25, -0.2) is 9.59 Å². The third kappa shape index (κ3) is 7.26. The van der Waals surface area contributed by atoms with Gasteiger partial charge in [0.25, 0.3) is 0 Å². The third-order valence-corrected chi connectivity index (χ3v) is 7.27. The highest BCUT2D eigenvalue weighted by Gasteiger charge is 2.57. The summed E-state index contributed by atoms with van der Waals surface area (Å²) in [4.78, 5) is 42.0. The van der Waals surface area contributed by atoms with Gasteiger partial charge in [-0.15, -0.1) is 0 Å². The molecule has 2 aliphatic heterocycles. The molecule has 8 nitrogen and oxygen atoms in total. The van der Waals surface area contributed by atoms with E-state index in [0.717, 1.165) is 32.2 Å². The summed E-state index contributed by atoms with van der Waals surface area (Å²) < 4.78 is 11.2. The number of amides is 2. The number of ether oxygens (including phenoxy) is 2. The molecule has 9 heteroatoms. The zero-order valence-corrected chi connectivity index (χ0v) is 22.9. The summed E-state index contributed by atoms with van der Waals surface area (Å²) in [5, 5.41) is 6.52. The maximum Gasteiger partial charge on any atom is 0.411 e. The number of rotatable bonds is 10. The molecule has 0 bridgehead atoms. The van der Waals surface area contributed by atoms with Crippen LogP contribution < -0.4 is 10.6 Å². The summed E-state index contributed by atoms with van der Waals surface area (Å²) in [5.74, 6) is -0.0168. The zero-order valence-electron chi connectivity index (χ0n) is 22.1. The highest BCUT2D eigenvalue weighted by molar-refractivity contribution is 7.98. The quantitative estimate of drug-likeness (QED) is 0.442. The van der Waals surface area contributed by atoms with Crippen molar-refractivity contribution < 1.29 is 23.9 Å². The highest BCUT2D eigenvalue weighted by Crippen LogP contribution is 2.43. The average Bonchev–Trinajstić information content (AvgIpc) is 3.37. The Morgan fingerprint density at radius 3 is 2.47 bits per heavy atom. The first-order valence-electron chi connectivity index (χ1n) is 12.7. The number of nitrogens with one attached hydrogen (secondary N) is 2. The van der Waals surface area contributed by atoms with E-state index in [2.05, 4.69) is 17.6 Å². The van der Waals surface area contributed by atoms with E-state index in [1.54, 1.807) is 30.5 Å². The van der Waals surface area contributed by atoms with E-state index in [0.29, 0.717) is 25.1 Å². The first-order chi connectivity index (χ1) is 15.9. The van der Waals surface area contributed by atoms with Gasteiger partial charge in [0, 0.05) is 12.6 Å². The second-order valence-corrected chi connectivity index (χ2v) is 11.7. The molecule has 0 aromatic heterocycles. The lowest BCUT2D eigenvalue weighted by Gasteiger charge is -2.43. The lowest BCUT2D eigenvalue weighted by atomic mass is 9.76.